The summed E-state index contributed by atoms with van der Waals surface area (Å²) in [6.07, 6.45) is 15.9. The van der Waals surface area contributed by atoms with E-state index < -0.39 is 0 Å². The summed E-state index contributed by atoms with van der Waals surface area (Å²) in [5, 5.41) is 11.2. The molecule has 0 saturated heterocycles. The number of aromatic amines is 2. The summed E-state index contributed by atoms with van der Waals surface area (Å²) < 4.78 is 1.64. The molecule has 0 amide bonds. The van der Waals surface area contributed by atoms with Gasteiger partial charge in [-0.1, -0.05) is 62.4 Å². The first-order valence-corrected chi connectivity index (χ1v) is 11.7. The Hall–Kier alpha value is -4.33. The van der Waals surface area contributed by atoms with Crippen molar-refractivity contribution in [2.45, 2.75) is 19.8 Å². The first-order valence-electron chi connectivity index (χ1n) is 11.7. The van der Waals surface area contributed by atoms with Gasteiger partial charge in [0.2, 0.25) is 0 Å². The molecule has 8 nitrogen and oxygen atoms in total. The second kappa shape index (κ2) is 9.13. The van der Waals surface area contributed by atoms with Crippen LogP contribution in [-0.2, 0) is 0 Å². The van der Waals surface area contributed by atoms with Crippen LogP contribution >= 0.6 is 0 Å². The number of allylic oxidation sites excluding steroid dienone is 4. The summed E-state index contributed by atoms with van der Waals surface area (Å²) >= 11 is 0. The maximum absolute atomic E-state index is 13.6. The van der Waals surface area contributed by atoms with E-state index >= 15 is 0 Å². The summed E-state index contributed by atoms with van der Waals surface area (Å²) in [6, 6.07) is 8.06. The van der Waals surface area contributed by atoms with E-state index in [1.54, 1.807) is 4.57 Å². The Bertz CT molecular complexity index is 1500. The van der Waals surface area contributed by atoms with Crippen LogP contribution in [0.2, 0.25) is 0 Å². The predicted molar refractivity (Wildman–Crippen MR) is 141 cm³/mol. The molecule has 3 unspecified atom stereocenters. The highest BCUT2D eigenvalue weighted by Crippen LogP contribution is 2.34. The molecule has 1 aliphatic carbocycles. The van der Waals surface area contributed by atoms with Crippen LogP contribution < -0.4 is 16.6 Å². The first kappa shape index (κ1) is 22.5. The molecule has 5 rings (SSSR count). The molecule has 2 aromatic rings. The predicted octanol–water partition coefficient (Wildman–Crippen LogP) is 4.12. The van der Waals surface area contributed by atoms with Gasteiger partial charge in [-0.15, -0.1) is 0 Å². The fraction of sp³-hybridized carbons (Fsp3) is 0.222. The average molecular weight is 468 g/mol. The molecule has 8 heteroatoms. The van der Waals surface area contributed by atoms with E-state index in [0.29, 0.717) is 29.7 Å². The van der Waals surface area contributed by atoms with Crippen LogP contribution in [0, 0.1) is 17.2 Å². The zero-order valence-electron chi connectivity index (χ0n) is 19.7. The van der Waals surface area contributed by atoms with E-state index in [4.69, 9.17) is 16.1 Å². The number of nitrogens with two attached hydrogens (primary N) is 1. The summed E-state index contributed by atoms with van der Waals surface area (Å²) in [5.41, 5.74) is 9.36. The minimum absolute atomic E-state index is 0.0358. The van der Waals surface area contributed by atoms with Gasteiger partial charge in [0.05, 0.1) is 11.4 Å². The number of fused-ring (bicyclic) bond motifs is 2. The van der Waals surface area contributed by atoms with Gasteiger partial charge < -0.3 is 21.0 Å². The molecular formula is C27H29N7O. The molecule has 0 spiro atoms. The number of H-pyrrole nitrogens is 2. The van der Waals surface area contributed by atoms with Gasteiger partial charge in [-0.2, -0.15) is 0 Å². The monoisotopic (exact) mass is 467 g/mol. The smallest absolute Gasteiger partial charge is 0.278 e. The summed E-state index contributed by atoms with van der Waals surface area (Å²) in [5.74, 6) is 0.964. The molecule has 0 fully saturated rings. The molecule has 6 N–H and O–H groups in total. The van der Waals surface area contributed by atoms with Gasteiger partial charge in [0.15, 0.2) is 11.8 Å². The van der Waals surface area contributed by atoms with Gasteiger partial charge in [0.1, 0.15) is 5.69 Å². The summed E-state index contributed by atoms with van der Waals surface area (Å²) in [4.78, 5) is 25.2. The Balaban J connectivity index is 1.64. The highest BCUT2D eigenvalue weighted by molar-refractivity contribution is 5.94. The van der Waals surface area contributed by atoms with Gasteiger partial charge >= 0.3 is 0 Å². The molecule has 0 radical (unpaired) electrons. The van der Waals surface area contributed by atoms with E-state index in [2.05, 4.69) is 53.4 Å². The maximum atomic E-state index is 13.6. The van der Waals surface area contributed by atoms with E-state index in [1.165, 1.54) is 0 Å². The molecule has 3 aliphatic rings. The highest BCUT2D eigenvalue weighted by Gasteiger charge is 2.29. The lowest BCUT2D eigenvalue weighted by atomic mass is 9.79. The van der Waals surface area contributed by atoms with Crippen molar-refractivity contribution < 1.29 is 0 Å². The molecule has 0 saturated carbocycles. The number of guanidine groups is 1. The fourth-order valence-electron chi connectivity index (χ4n) is 4.84. The van der Waals surface area contributed by atoms with Crippen LogP contribution in [0.4, 0.5) is 0 Å². The van der Waals surface area contributed by atoms with Crippen molar-refractivity contribution >= 4 is 22.9 Å². The second-order valence-electron chi connectivity index (χ2n) is 9.02. The number of para-hydroxylation sites is 1. The molecule has 178 valence electrons. The molecule has 1 aromatic carbocycles. The van der Waals surface area contributed by atoms with Gasteiger partial charge in [-0.05, 0) is 24.0 Å². The molecule has 0 bridgehead atoms. The third-order valence-electron chi connectivity index (χ3n) is 6.71. The van der Waals surface area contributed by atoms with Crippen LogP contribution in [0.3, 0.4) is 0 Å². The Morgan fingerprint density at radius 2 is 2.11 bits per heavy atom. The molecule has 35 heavy (non-hydrogen) atoms. The SMILES string of the molecule is CC1C=CC=CC1C(C)c1nc2c(/C=C/CNC(=N)N)[nH]c(-c3c[nH]c4ccccc34)cn-2c1=O. The molecule has 3 heterocycles. The number of aromatic nitrogens is 4. The van der Waals surface area contributed by atoms with Crippen LogP contribution in [0.5, 0.6) is 0 Å². The largest absolute Gasteiger partial charge is 0.370 e. The zero-order chi connectivity index (χ0) is 24.5. The number of nitrogens with zero attached hydrogens (tertiary/aromatic N) is 2. The van der Waals surface area contributed by atoms with Gasteiger partial charge in [-0.3, -0.25) is 14.8 Å². The van der Waals surface area contributed by atoms with Crippen molar-refractivity contribution in [3.63, 3.8) is 0 Å². The number of imidazole rings is 1. The van der Waals surface area contributed by atoms with E-state index in [9.17, 15) is 4.79 Å². The summed E-state index contributed by atoms with van der Waals surface area (Å²) in [7, 11) is 0. The second-order valence-corrected chi connectivity index (χ2v) is 9.02. The Morgan fingerprint density at radius 3 is 2.91 bits per heavy atom. The molecule has 2 aliphatic heterocycles. The van der Waals surface area contributed by atoms with Crippen LogP contribution in [0.15, 0.2) is 71.8 Å². The number of nitrogens with one attached hydrogen (secondary N) is 4. The van der Waals surface area contributed by atoms with Crippen LogP contribution in [0.25, 0.3) is 34.1 Å². The standard InChI is InChI=1S/C27H29N7O/c1-16-8-3-4-9-18(16)17(2)24-26(35)34-15-23(20-14-31-21-11-6-5-10-19(20)21)32-22(25(34)33-24)12-7-13-30-27(28)29/h3-12,14-18,31-32H,13H2,1-2H3,(H4,28,29,30)/b12-7+. The Morgan fingerprint density at radius 1 is 1.31 bits per heavy atom. The van der Waals surface area contributed by atoms with Gasteiger partial charge in [0.25, 0.3) is 5.56 Å². The average Bonchev–Trinajstić information content (AvgIpc) is 3.43. The molecule has 1 aromatic heterocycles. The molecule has 3 atom stereocenters. The highest BCUT2D eigenvalue weighted by atomic mass is 16.1. The maximum Gasteiger partial charge on any atom is 0.278 e. The summed E-state index contributed by atoms with van der Waals surface area (Å²) in [6.45, 7) is 4.63. The lowest BCUT2D eigenvalue weighted by Crippen LogP contribution is -2.30. The van der Waals surface area contributed by atoms with E-state index in [-0.39, 0.29) is 23.4 Å². The van der Waals surface area contributed by atoms with Crippen molar-refractivity contribution in [3.05, 3.63) is 88.8 Å². The quantitative estimate of drug-likeness (QED) is 0.216. The normalized spacial score (nSPS) is 18.6. The number of rotatable bonds is 6. The van der Waals surface area contributed by atoms with Crippen molar-refractivity contribution in [1.82, 2.24) is 24.8 Å². The first-order chi connectivity index (χ1) is 16.9. The fourth-order valence-corrected chi connectivity index (χ4v) is 4.84. The Labute approximate surface area is 203 Å². The van der Waals surface area contributed by atoms with Crippen molar-refractivity contribution in [1.29, 1.82) is 5.41 Å². The van der Waals surface area contributed by atoms with Crippen molar-refractivity contribution in [2.75, 3.05) is 6.54 Å². The lowest BCUT2D eigenvalue weighted by molar-refractivity contribution is 0.429. The minimum atomic E-state index is -0.103. The number of benzene rings is 1. The third kappa shape index (κ3) is 4.19. The Kier molecular flexibility index (Phi) is 5.86. The van der Waals surface area contributed by atoms with E-state index in [0.717, 1.165) is 22.2 Å². The van der Waals surface area contributed by atoms with Gasteiger partial charge in [0, 0.05) is 41.3 Å². The van der Waals surface area contributed by atoms with Crippen LogP contribution in [0.1, 0.15) is 31.2 Å². The van der Waals surface area contributed by atoms with Gasteiger partial charge in [-0.25, -0.2) is 4.98 Å². The van der Waals surface area contributed by atoms with Crippen molar-refractivity contribution in [2.24, 2.45) is 17.6 Å². The third-order valence-corrected chi connectivity index (χ3v) is 6.71. The number of hydrogen-bond acceptors (Lipinski definition) is 3. The van der Waals surface area contributed by atoms with Crippen molar-refractivity contribution in [3.8, 4) is 17.1 Å². The topological polar surface area (TPSA) is 128 Å². The van der Waals surface area contributed by atoms with E-state index in [1.807, 2.05) is 48.8 Å². The van der Waals surface area contributed by atoms with Crippen LogP contribution in [-0.4, -0.2) is 32.0 Å². The minimum Gasteiger partial charge on any atom is -0.370 e. The lowest BCUT2D eigenvalue weighted by Gasteiger charge is -2.25. The molecular weight excluding hydrogens is 438 g/mol. The zero-order valence-corrected chi connectivity index (χ0v) is 19.7. The number of hydrogen-bond donors (Lipinski definition) is 5.